The van der Waals surface area contributed by atoms with Crippen molar-refractivity contribution in [2.45, 2.75) is 25.5 Å². The Morgan fingerprint density at radius 3 is 2.73 bits per heavy atom. The van der Waals surface area contributed by atoms with Crippen LogP contribution in [0.25, 0.3) is 0 Å². The molecule has 1 aromatic carbocycles. The van der Waals surface area contributed by atoms with Crippen LogP contribution < -0.4 is 14.8 Å². The highest BCUT2D eigenvalue weighted by molar-refractivity contribution is 6.30. The van der Waals surface area contributed by atoms with Gasteiger partial charge in [-0.1, -0.05) is 23.7 Å². The summed E-state index contributed by atoms with van der Waals surface area (Å²) in [7, 11) is 1.52. The van der Waals surface area contributed by atoms with Crippen molar-refractivity contribution < 1.29 is 14.3 Å². The molecule has 0 radical (unpaired) electrons. The van der Waals surface area contributed by atoms with Crippen molar-refractivity contribution in [2.75, 3.05) is 20.2 Å². The molecule has 1 saturated heterocycles. The van der Waals surface area contributed by atoms with Crippen LogP contribution in [0.15, 0.2) is 36.7 Å². The lowest BCUT2D eigenvalue weighted by Gasteiger charge is -2.32. The van der Waals surface area contributed by atoms with E-state index in [1.165, 1.54) is 7.11 Å². The van der Waals surface area contributed by atoms with Gasteiger partial charge in [0.25, 0.3) is 11.8 Å². The average Bonchev–Trinajstić information content (AvgIpc) is 2.68. The molecule has 138 valence electrons. The molecule has 0 spiro atoms. The molecule has 2 aromatic rings. The minimum Gasteiger partial charge on any atom is -0.477 e. The Labute approximate surface area is 157 Å². The predicted molar refractivity (Wildman–Crippen MR) is 97.5 cm³/mol. The van der Waals surface area contributed by atoms with Crippen LogP contribution in [0, 0.1) is 0 Å². The minimum absolute atomic E-state index is 0.112. The van der Waals surface area contributed by atoms with Crippen LogP contribution in [0.3, 0.4) is 0 Å². The summed E-state index contributed by atoms with van der Waals surface area (Å²) in [5.74, 6) is 0.695. The molecular formula is C18H21ClN4O3. The molecular weight excluding hydrogens is 356 g/mol. The Hall–Kier alpha value is -2.54. The first-order valence-electron chi connectivity index (χ1n) is 8.44. The number of piperidine rings is 1. The molecule has 1 unspecified atom stereocenters. The number of benzene rings is 1. The van der Waals surface area contributed by atoms with Crippen LogP contribution >= 0.6 is 11.6 Å². The van der Waals surface area contributed by atoms with Gasteiger partial charge in [-0.3, -0.25) is 0 Å². The average molecular weight is 377 g/mol. The van der Waals surface area contributed by atoms with E-state index in [-0.39, 0.29) is 12.1 Å². The molecule has 2 heterocycles. The molecule has 0 saturated carbocycles. The second kappa shape index (κ2) is 8.71. The quantitative estimate of drug-likeness (QED) is 0.868. The van der Waals surface area contributed by atoms with E-state index in [0.29, 0.717) is 36.4 Å². The first-order valence-corrected chi connectivity index (χ1v) is 8.82. The van der Waals surface area contributed by atoms with Crippen molar-refractivity contribution in [3.05, 3.63) is 47.2 Å². The molecule has 0 aliphatic carbocycles. The van der Waals surface area contributed by atoms with Gasteiger partial charge in [0.15, 0.2) is 0 Å². The van der Waals surface area contributed by atoms with Crippen LogP contribution in [-0.2, 0) is 6.54 Å². The molecule has 1 N–H and O–H groups in total. The fraction of sp³-hybridized carbons (Fsp3) is 0.389. The highest BCUT2D eigenvalue weighted by atomic mass is 35.5. The Kier molecular flexibility index (Phi) is 6.12. The monoisotopic (exact) mass is 376 g/mol. The third kappa shape index (κ3) is 4.76. The fourth-order valence-electron chi connectivity index (χ4n) is 2.80. The summed E-state index contributed by atoms with van der Waals surface area (Å²) in [6, 6.07) is 7.29. The predicted octanol–water partition coefficient (Wildman–Crippen LogP) is 2.89. The van der Waals surface area contributed by atoms with E-state index >= 15 is 0 Å². The lowest BCUT2D eigenvalue weighted by Crippen LogP contribution is -2.48. The number of hydrogen-bond acceptors (Lipinski definition) is 5. The van der Waals surface area contributed by atoms with Crippen LogP contribution in [0.5, 0.6) is 11.8 Å². The number of amides is 2. The van der Waals surface area contributed by atoms with Crippen LogP contribution in [0.4, 0.5) is 4.79 Å². The van der Waals surface area contributed by atoms with Crippen molar-refractivity contribution in [1.82, 2.24) is 20.2 Å². The van der Waals surface area contributed by atoms with Crippen LogP contribution in [-0.4, -0.2) is 47.2 Å². The number of carbonyl (C=O) groups excluding carboxylic acids is 1. The second-order valence-corrected chi connectivity index (χ2v) is 6.42. The number of ether oxygens (including phenoxy) is 2. The van der Waals surface area contributed by atoms with Crippen molar-refractivity contribution in [1.29, 1.82) is 0 Å². The van der Waals surface area contributed by atoms with E-state index in [2.05, 4.69) is 15.3 Å². The van der Waals surface area contributed by atoms with E-state index in [9.17, 15) is 4.79 Å². The normalized spacial score (nSPS) is 16.8. The highest BCUT2D eigenvalue weighted by Crippen LogP contribution is 2.23. The maximum absolute atomic E-state index is 12.4. The summed E-state index contributed by atoms with van der Waals surface area (Å²) < 4.78 is 11.1. The summed E-state index contributed by atoms with van der Waals surface area (Å²) in [6.07, 6.45) is 4.67. The van der Waals surface area contributed by atoms with Gasteiger partial charge in [0.05, 0.1) is 13.7 Å². The molecule has 1 aliphatic heterocycles. The number of likely N-dealkylation sites (tertiary alicyclic amines) is 1. The SMILES string of the molecule is COc1nccnc1OC1CCCN(C(=O)NCc2ccc(Cl)cc2)C1. The Morgan fingerprint density at radius 2 is 2.00 bits per heavy atom. The van der Waals surface area contributed by atoms with Crippen LogP contribution in [0.1, 0.15) is 18.4 Å². The molecule has 3 rings (SSSR count). The van der Waals surface area contributed by atoms with Gasteiger partial charge in [0.2, 0.25) is 0 Å². The number of methoxy groups -OCH3 is 1. The van der Waals surface area contributed by atoms with E-state index in [1.807, 2.05) is 24.3 Å². The summed E-state index contributed by atoms with van der Waals surface area (Å²) in [5, 5.41) is 3.61. The van der Waals surface area contributed by atoms with E-state index < -0.39 is 0 Å². The number of nitrogens with zero attached hydrogens (tertiary/aromatic N) is 3. The summed E-state index contributed by atoms with van der Waals surface area (Å²) in [4.78, 5) is 22.4. The van der Waals surface area contributed by atoms with E-state index in [0.717, 1.165) is 18.4 Å². The largest absolute Gasteiger partial charge is 0.477 e. The Morgan fingerprint density at radius 1 is 1.27 bits per heavy atom. The minimum atomic E-state index is -0.143. The number of rotatable bonds is 5. The lowest BCUT2D eigenvalue weighted by atomic mass is 10.1. The molecule has 2 amide bonds. The van der Waals surface area contributed by atoms with Crippen molar-refractivity contribution in [3.63, 3.8) is 0 Å². The van der Waals surface area contributed by atoms with Crippen molar-refractivity contribution in [3.8, 4) is 11.8 Å². The fourth-order valence-corrected chi connectivity index (χ4v) is 2.93. The zero-order valence-corrected chi connectivity index (χ0v) is 15.3. The van der Waals surface area contributed by atoms with Crippen LogP contribution in [0.2, 0.25) is 5.02 Å². The maximum Gasteiger partial charge on any atom is 0.317 e. The maximum atomic E-state index is 12.4. The summed E-state index contributed by atoms with van der Waals surface area (Å²) >= 11 is 5.87. The molecule has 26 heavy (non-hydrogen) atoms. The van der Waals surface area contributed by atoms with Crippen molar-refractivity contribution >= 4 is 17.6 Å². The topological polar surface area (TPSA) is 76.6 Å². The zero-order chi connectivity index (χ0) is 18.4. The molecule has 8 heteroatoms. The number of halogens is 1. The van der Waals surface area contributed by atoms with Gasteiger partial charge in [-0.05, 0) is 30.5 Å². The third-order valence-corrected chi connectivity index (χ3v) is 4.38. The molecule has 0 bridgehead atoms. The number of nitrogens with one attached hydrogen (secondary N) is 1. The van der Waals surface area contributed by atoms with Gasteiger partial charge in [-0.25, -0.2) is 14.8 Å². The molecule has 1 aliphatic rings. The number of aromatic nitrogens is 2. The number of urea groups is 1. The summed E-state index contributed by atoms with van der Waals surface area (Å²) in [5.41, 5.74) is 0.997. The Balaban J connectivity index is 1.54. The molecule has 1 fully saturated rings. The van der Waals surface area contributed by atoms with Gasteiger partial charge < -0.3 is 19.7 Å². The molecule has 1 aromatic heterocycles. The van der Waals surface area contributed by atoms with Gasteiger partial charge >= 0.3 is 6.03 Å². The smallest absolute Gasteiger partial charge is 0.317 e. The van der Waals surface area contributed by atoms with Gasteiger partial charge in [-0.2, -0.15) is 0 Å². The van der Waals surface area contributed by atoms with Crippen molar-refractivity contribution in [2.24, 2.45) is 0 Å². The number of hydrogen-bond donors (Lipinski definition) is 1. The van der Waals surface area contributed by atoms with Gasteiger partial charge in [0.1, 0.15) is 6.10 Å². The first kappa shape index (κ1) is 18.3. The van der Waals surface area contributed by atoms with Gasteiger partial charge in [-0.15, -0.1) is 0 Å². The second-order valence-electron chi connectivity index (χ2n) is 5.98. The first-order chi connectivity index (χ1) is 12.7. The lowest BCUT2D eigenvalue weighted by molar-refractivity contribution is 0.0943. The third-order valence-electron chi connectivity index (χ3n) is 4.13. The zero-order valence-electron chi connectivity index (χ0n) is 14.5. The molecule has 1 atom stereocenters. The highest BCUT2D eigenvalue weighted by Gasteiger charge is 2.26. The van der Waals surface area contributed by atoms with E-state index in [1.54, 1.807) is 17.3 Å². The molecule has 7 nitrogen and oxygen atoms in total. The summed E-state index contributed by atoms with van der Waals surface area (Å²) in [6.45, 7) is 1.64. The standard InChI is InChI=1S/C18H21ClN4O3/c1-25-16-17(21-9-8-20-16)26-15-3-2-10-23(12-15)18(24)22-11-13-4-6-14(19)7-5-13/h4-9,15H,2-3,10-12H2,1H3,(H,22,24). The Bertz CT molecular complexity index is 741. The van der Waals surface area contributed by atoms with Gasteiger partial charge in [0, 0.05) is 30.5 Å². The van der Waals surface area contributed by atoms with E-state index in [4.69, 9.17) is 21.1 Å². The number of carbonyl (C=O) groups is 1.